The van der Waals surface area contributed by atoms with Crippen molar-refractivity contribution < 1.29 is 21.9 Å². The molecular weight excluding hydrogens is 322 g/mol. The van der Waals surface area contributed by atoms with Crippen molar-refractivity contribution >= 4 is 9.84 Å². The van der Waals surface area contributed by atoms with Crippen molar-refractivity contribution in [3.63, 3.8) is 0 Å². The molecule has 1 saturated carbocycles. The Kier molecular flexibility index (Phi) is 5.46. The largest absolute Gasteiger partial charge is 0.377 e. The maximum atomic E-state index is 13.3. The van der Waals surface area contributed by atoms with Crippen LogP contribution < -0.4 is 0 Å². The van der Waals surface area contributed by atoms with E-state index in [2.05, 4.69) is 0 Å². The first kappa shape index (κ1) is 18.3. The molecule has 0 amide bonds. The fourth-order valence-electron chi connectivity index (χ4n) is 3.06. The molecule has 130 valence electrons. The summed E-state index contributed by atoms with van der Waals surface area (Å²) in [6, 6.07) is 7.45. The molecule has 1 aliphatic rings. The Bertz CT molecular complexity index is 614. The van der Waals surface area contributed by atoms with Crippen molar-refractivity contribution in [1.82, 2.24) is 0 Å². The Hall–Kier alpha value is -1.01. The summed E-state index contributed by atoms with van der Waals surface area (Å²) < 4.78 is 57.0. The SMILES string of the molecule is CCc1ccc(CS(=O)(=O)CC2(OC)CCC(F)(F)CC2)cc1. The molecule has 2 rings (SSSR count). The molecule has 3 nitrogen and oxygen atoms in total. The van der Waals surface area contributed by atoms with Crippen LogP contribution in [-0.2, 0) is 26.7 Å². The molecule has 0 atom stereocenters. The topological polar surface area (TPSA) is 43.4 Å². The summed E-state index contributed by atoms with van der Waals surface area (Å²) >= 11 is 0. The monoisotopic (exact) mass is 346 g/mol. The van der Waals surface area contributed by atoms with Crippen LogP contribution in [0, 0.1) is 0 Å². The van der Waals surface area contributed by atoms with Crippen molar-refractivity contribution in [2.24, 2.45) is 0 Å². The Balaban J connectivity index is 2.06. The van der Waals surface area contributed by atoms with Crippen LogP contribution in [-0.4, -0.2) is 32.8 Å². The molecule has 0 aliphatic heterocycles. The quantitative estimate of drug-likeness (QED) is 0.788. The minimum Gasteiger partial charge on any atom is -0.377 e. The number of alkyl halides is 2. The third-order valence-electron chi connectivity index (χ3n) is 4.63. The molecule has 23 heavy (non-hydrogen) atoms. The number of ether oxygens (including phenoxy) is 1. The van der Waals surface area contributed by atoms with Crippen LogP contribution in [0.1, 0.15) is 43.7 Å². The average Bonchev–Trinajstić information content (AvgIpc) is 2.50. The summed E-state index contributed by atoms with van der Waals surface area (Å²) in [5, 5.41) is 0. The van der Waals surface area contributed by atoms with Gasteiger partial charge in [0.05, 0.1) is 17.1 Å². The minimum absolute atomic E-state index is 0.0739. The van der Waals surface area contributed by atoms with Crippen LogP contribution in [0.2, 0.25) is 0 Å². The average molecular weight is 346 g/mol. The van der Waals surface area contributed by atoms with Gasteiger partial charge in [-0.25, -0.2) is 17.2 Å². The highest BCUT2D eigenvalue weighted by Crippen LogP contribution is 2.41. The molecular formula is C17H24F2O3S. The highest BCUT2D eigenvalue weighted by Gasteiger charge is 2.45. The van der Waals surface area contributed by atoms with Gasteiger partial charge in [-0.2, -0.15) is 0 Å². The Morgan fingerprint density at radius 3 is 2.04 bits per heavy atom. The van der Waals surface area contributed by atoms with Gasteiger partial charge in [0.25, 0.3) is 0 Å². The second-order valence-corrected chi connectivity index (χ2v) is 8.51. The normalized spacial score (nSPS) is 20.3. The lowest BCUT2D eigenvalue weighted by atomic mass is 9.84. The van der Waals surface area contributed by atoms with Crippen LogP contribution in [0.15, 0.2) is 24.3 Å². The lowest BCUT2D eigenvalue weighted by Gasteiger charge is -2.38. The summed E-state index contributed by atoms with van der Waals surface area (Å²) in [5.74, 6) is -3.00. The highest BCUT2D eigenvalue weighted by molar-refractivity contribution is 7.90. The van der Waals surface area contributed by atoms with Gasteiger partial charge in [0.15, 0.2) is 9.84 Å². The number of hydrogen-bond acceptors (Lipinski definition) is 3. The molecule has 0 aromatic heterocycles. The lowest BCUT2D eigenvalue weighted by Crippen LogP contribution is -2.45. The smallest absolute Gasteiger partial charge is 0.248 e. The van der Waals surface area contributed by atoms with Gasteiger partial charge in [-0.05, 0) is 30.4 Å². The summed E-state index contributed by atoms with van der Waals surface area (Å²) in [4.78, 5) is 0. The molecule has 1 aliphatic carbocycles. The number of methoxy groups -OCH3 is 1. The van der Waals surface area contributed by atoms with Crippen LogP contribution in [0.3, 0.4) is 0 Å². The highest BCUT2D eigenvalue weighted by atomic mass is 32.2. The van der Waals surface area contributed by atoms with Crippen LogP contribution in [0.25, 0.3) is 0 Å². The zero-order valence-corrected chi connectivity index (χ0v) is 14.5. The first-order chi connectivity index (χ1) is 10.7. The molecule has 1 aromatic rings. The first-order valence-corrected chi connectivity index (χ1v) is 9.73. The second-order valence-electron chi connectivity index (χ2n) is 6.45. The van der Waals surface area contributed by atoms with Crippen molar-refractivity contribution in [2.45, 2.75) is 56.3 Å². The van der Waals surface area contributed by atoms with Gasteiger partial charge in [-0.1, -0.05) is 31.2 Å². The lowest BCUT2D eigenvalue weighted by molar-refractivity contribution is -0.109. The van der Waals surface area contributed by atoms with Crippen LogP contribution >= 0.6 is 0 Å². The van der Waals surface area contributed by atoms with E-state index < -0.39 is 21.4 Å². The molecule has 1 aromatic carbocycles. The Labute approximate surface area is 137 Å². The van der Waals surface area contributed by atoms with Gasteiger partial charge < -0.3 is 4.74 Å². The molecule has 1 fully saturated rings. The van der Waals surface area contributed by atoms with Crippen molar-refractivity contribution in [2.75, 3.05) is 12.9 Å². The van der Waals surface area contributed by atoms with Gasteiger partial charge >= 0.3 is 0 Å². The minimum atomic E-state index is -3.43. The van der Waals surface area contributed by atoms with E-state index in [4.69, 9.17) is 4.74 Å². The number of benzene rings is 1. The maximum absolute atomic E-state index is 13.3. The molecule has 0 saturated heterocycles. The van der Waals surface area contributed by atoms with E-state index in [1.54, 1.807) is 0 Å². The van der Waals surface area contributed by atoms with Crippen LogP contribution in [0.5, 0.6) is 0 Å². The van der Waals surface area contributed by atoms with Crippen molar-refractivity contribution in [3.8, 4) is 0 Å². The van der Waals surface area contributed by atoms with E-state index >= 15 is 0 Å². The van der Waals surface area contributed by atoms with Crippen molar-refractivity contribution in [1.29, 1.82) is 0 Å². The second kappa shape index (κ2) is 6.85. The number of sulfone groups is 1. The summed E-state index contributed by atoms with van der Waals surface area (Å²) in [7, 11) is -2.02. The van der Waals surface area contributed by atoms with Gasteiger partial charge in [0.1, 0.15) is 0 Å². The van der Waals surface area contributed by atoms with E-state index in [9.17, 15) is 17.2 Å². The molecule has 0 unspecified atom stereocenters. The molecule has 0 bridgehead atoms. The standard InChI is InChI=1S/C17H24F2O3S/c1-3-14-4-6-15(7-5-14)12-23(20,21)13-16(22-2)8-10-17(18,19)11-9-16/h4-7H,3,8-13H2,1-2H3. The van der Waals surface area contributed by atoms with Crippen molar-refractivity contribution in [3.05, 3.63) is 35.4 Å². The Morgan fingerprint density at radius 2 is 1.57 bits per heavy atom. The summed E-state index contributed by atoms with van der Waals surface area (Å²) in [5.41, 5.74) is 0.882. The van der Waals surface area contributed by atoms with Gasteiger partial charge in [0, 0.05) is 20.0 Å². The Morgan fingerprint density at radius 1 is 1.04 bits per heavy atom. The maximum Gasteiger partial charge on any atom is 0.248 e. The zero-order valence-electron chi connectivity index (χ0n) is 13.6. The van der Waals surface area contributed by atoms with E-state index in [0.29, 0.717) is 0 Å². The van der Waals surface area contributed by atoms with Gasteiger partial charge in [-0.15, -0.1) is 0 Å². The third-order valence-corrected chi connectivity index (χ3v) is 6.37. The number of aryl methyl sites for hydroxylation is 1. The molecule has 6 heteroatoms. The van der Waals surface area contributed by atoms with E-state index in [1.807, 2.05) is 31.2 Å². The predicted molar refractivity (Wildman–Crippen MR) is 86.5 cm³/mol. The van der Waals surface area contributed by atoms with E-state index in [0.717, 1.165) is 17.5 Å². The third kappa shape index (κ3) is 4.98. The zero-order chi connectivity index (χ0) is 17.1. The predicted octanol–water partition coefficient (Wildman–Crippen LogP) is 3.76. The molecule has 0 N–H and O–H groups in total. The fraction of sp³-hybridized carbons (Fsp3) is 0.647. The number of halogens is 2. The number of hydrogen-bond donors (Lipinski definition) is 0. The summed E-state index contributed by atoms with van der Waals surface area (Å²) in [6.45, 7) is 2.03. The molecule has 0 radical (unpaired) electrons. The fourth-order valence-corrected chi connectivity index (χ4v) is 5.07. The molecule has 0 heterocycles. The van der Waals surface area contributed by atoms with Gasteiger partial charge in [0.2, 0.25) is 5.92 Å². The van der Waals surface area contributed by atoms with E-state index in [-0.39, 0.29) is 37.2 Å². The van der Waals surface area contributed by atoms with Crippen LogP contribution in [0.4, 0.5) is 8.78 Å². The van der Waals surface area contributed by atoms with E-state index in [1.165, 1.54) is 7.11 Å². The first-order valence-electron chi connectivity index (χ1n) is 7.90. The van der Waals surface area contributed by atoms with Gasteiger partial charge in [-0.3, -0.25) is 0 Å². The summed E-state index contributed by atoms with van der Waals surface area (Å²) in [6.07, 6.45) is 0.409. The molecule has 0 spiro atoms. The number of rotatable bonds is 6.